The molecular formula is C39H31N3O11S. The fourth-order valence-corrected chi connectivity index (χ4v) is 7.58. The van der Waals surface area contributed by atoms with E-state index in [1.165, 1.54) is 17.0 Å². The Morgan fingerprint density at radius 1 is 0.778 bits per heavy atom. The van der Waals surface area contributed by atoms with Crippen molar-refractivity contribution in [2.75, 3.05) is 0 Å². The summed E-state index contributed by atoms with van der Waals surface area (Å²) in [6, 6.07) is 28.4. The molecule has 1 aliphatic rings. The first-order chi connectivity index (χ1) is 25.8. The van der Waals surface area contributed by atoms with Gasteiger partial charge in [-0.05, 0) is 78.4 Å². The minimum atomic E-state index is -4.98. The topological polar surface area (TPSA) is 211 Å². The molecule has 15 heteroatoms. The van der Waals surface area contributed by atoms with Crippen molar-refractivity contribution < 1.29 is 47.5 Å². The zero-order chi connectivity index (χ0) is 38.6. The maximum Gasteiger partial charge on any atom is 0.336 e. The van der Waals surface area contributed by atoms with Gasteiger partial charge in [-0.25, -0.2) is 22.7 Å². The molecule has 0 unspecified atom stereocenters. The first kappa shape index (κ1) is 36.9. The number of hydrogen-bond acceptors (Lipinski definition) is 9. The van der Waals surface area contributed by atoms with Crippen LogP contribution in [-0.4, -0.2) is 52.2 Å². The van der Waals surface area contributed by atoms with E-state index in [-0.39, 0.29) is 6.54 Å². The Morgan fingerprint density at radius 3 is 2.13 bits per heavy atom. The highest BCUT2D eigenvalue weighted by Gasteiger charge is 2.35. The summed E-state index contributed by atoms with van der Waals surface area (Å²) in [7, 11) is -4.98. The quantitative estimate of drug-likeness (QED) is 0.0911. The van der Waals surface area contributed by atoms with Crippen LogP contribution in [0.15, 0.2) is 120 Å². The maximum atomic E-state index is 14.8. The van der Waals surface area contributed by atoms with Crippen LogP contribution in [-0.2, 0) is 23.0 Å². The van der Waals surface area contributed by atoms with E-state index in [0.717, 1.165) is 35.7 Å². The molecule has 0 radical (unpaired) electrons. The van der Waals surface area contributed by atoms with Gasteiger partial charge in [0.15, 0.2) is 4.90 Å². The molecule has 6 rings (SSSR count). The molecule has 5 aromatic rings. The lowest BCUT2D eigenvalue weighted by Gasteiger charge is -2.36. The third-order valence-corrected chi connectivity index (χ3v) is 10.3. The average molecular weight is 750 g/mol. The Bertz CT molecular complexity index is 2420. The second-order valence-corrected chi connectivity index (χ2v) is 14.0. The number of para-hydroxylation sites is 2. The summed E-state index contributed by atoms with van der Waals surface area (Å²) in [4.78, 5) is 64.5. The van der Waals surface area contributed by atoms with E-state index in [1.54, 1.807) is 41.1 Å². The van der Waals surface area contributed by atoms with Crippen molar-refractivity contribution in [3.05, 3.63) is 164 Å². The number of fused-ring (bicyclic) bond motifs is 1. The van der Waals surface area contributed by atoms with E-state index in [0.29, 0.717) is 36.0 Å². The third kappa shape index (κ3) is 7.80. The molecular weight excluding hydrogens is 719 g/mol. The summed E-state index contributed by atoms with van der Waals surface area (Å²) in [5.41, 5.74) is -1.55. The Morgan fingerprint density at radius 2 is 1.41 bits per heavy atom. The summed E-state index contributed by atoms with van der Waals surface area (Å²) < 4.78 is 34.1. The van der Waals surface area contributed by atoms with Gasteiger partial charge in [0, 0.05) is 12.6 Å². The van der Waals surface area contributed by atoms with Gasteiger partial charge in [-0.15, -0.1) is 0 Å². The standard InChI is InChI=1S/C39H31N3O11S/c43-36(40-54(51,52)35-19-7-6-17-34(35)42(49)50)29-21-30(32(39(47)48)22-31(29)38(45)46)37(44)41(33-18-9-12-25-11-4-5-16-28(25)33)23-24-10-8-15-27(20-24)53-26-13-2-1-3-14-26/h1-8,10-11,13-17,19-22,33H,9,12,18,23H2,(H,40,43)(H,45,46)(H,47,48)/t33-/m0/s1. The first-order valence-corrected chi connectivity index (χ1v) is 18.0. The second-order valence-electron chi connectivity index (χ2n) is 12.3. The first-order valence-electron chi connectivity index (χ1n) is 16.5. The van der Waals surface area contributed by atoms with Gasteiger partial charge in [-0.1, -0.05) is 66.7 Å². The number of aryl methyl sites for hydroxylation is 1. The van der Waals surface area contributed by atoms with Crippen molar-refractivity contribution in [3.63, 3.8) is 0 Å². The number of carboxylic acid groups (broad SMARTS) is 2. The van der Waals surface area contributed by atoms with Crippen molar-refractivity contribution in [2.24, 2.45) is 0 Å². The van der Waals surface area contributed by atoms with Crippen LogP contribution < -0.4 is 9.46 Å². The van der Waals surface area contributed by atoms with Crippen molar-refractivity contribution in [3.8, 4) is 11.5 Å². The molecule has 0 bridgehead atoms. The summed E-state index contributed by atoms with van der Waals surface area (Å²) >= 11 is 0. The number of carbonyl (C=O) groups excluding carboxylic acids is 2. The summed E-state index contributed by atoms with van der Waals surface area (Å²) in [5.74, 6) is -4.87. The Labute approximate surface area is 308 Å². The van der Waals surface area contributed by atoms with Crippen molar-refractivity contribution in [1.29, 1.82) is 0 Å². The van der Waals surface area contributed by atoms with Gasteiger partial charge in [0.1, 0.15) is 11.5 Å². The van der Waals surface area contributed by atoms with E-state index >= 15 is 0 Å². The van der Waals surface area contributed by atoms with Crippen molar-refractivity contribution in [2.45, 2.75) is 36.7 Å². The van der Waals surface area contributed by atoms with Crippen LogP contribution in [0.5, 0.6) is 11.5 Å². The molecule has 1 atom stereocenters. The number of nitrogens with zero attached hydrogens (tertiary/aromatic N) is 2. The van der Waals surface area contributed by atoms with Crippen LogP contribution in [0.4, 0.5) is 5.69 Å². The van der Waals surface area contributed by atoms with E-state index in [2.05, 4.69) is 0 Å². The molecule has 54 heavy (non-hydrogen) atoms. The van der Waals surface area contributed by atoms with Gasteiger partial charge in [-0.3, -0.25) is 19.7 Å². The normalized spacial score (nSPS) is 13.6. The number of aromatic carboxylic acids is 2. The number of carbonyl (C=O) groups is 4. The van der Waals surface area contributed by atoms with Crippen LogP contribution in [0.25, 0.3) is 0 Å². The lowest BCUT2D eigenvalue weighted by Crippen LogP contribution is -2.38. The molecule has 0 aromatic heterocycles. The van der Waals surface area contributed by atoms with Gasteiger partial charge in [-0.2, -0.15) is 0 Å². The second kappa shape index (κ2) is 15.4. The average Bonchev–Trinajstić information content (AvgIpc) is 3.16. The Kier molecular flexibility index (Phi) is 10.5. The van der Waals surface area contributed by atoms with Crippen LogP contribution >= 0.6 is 0 Å². The number of benzene rings is 5. The number of rotatable bonds is 12. The Hall–Kier alpha value is -6.87. The van der Waals surface area contributed by atoms with Crippen LogP contribution in [0.2, 0.25) is 0 Å². The molecule has 0 fully saturated rings. The van der Waals surface area contributed by atoms with Gasteiger partial charge >= 0.3 is 11.9 Å². The number of amides is 2. The highest BCUT2D eigenvalue weighted by Crippen LogP contribution is 2.37. The highest BCUT2D eigenvalue weighted by atomic mass is 32.2. The number of nitro groups is 1. The summed E-state index contributed by atoms with van der Waals surface area (Å²) in [6.07, 6.45) is 1.91. The molecule has 0 aliphatic heterocycles. The molecule has 1 aliphatic carbocycles. The number of sulfonamides is 1. The summed E-state index contributed by atoms with van der Waals surface area (Å²) in [6.45, 7) is -0.0723. The predicted octanol–water partition coefficient (Wildman–Crippen LogP) is 6.62. The molecule has 5 aromatic carbocycles. The number of ether oxygens (including phenoxy) is 1. The molecule has 2 amide bonds. The number of nitro benzene ring substituents is 1. The van der Waals surface area contributed by atoms with Gasteiger partial charge in [0.25, 0.3) is 27.5 Å². The highest BCUT2D eigenvalue weighted by molar-refractivity contribution is 7.90. The number of carboxylic acids is 2. The maximum absolute atomic E-state index is 14.8. The van der Waals surface area contributed by atoms with Crippen LogP contribution in [0.3, 0.4) is 0 Å². The lowest BCUT2D eigenvalue weighted by molar-refractivity contribution is -0.387. The number of nitrogens with one attached hydrogen (secondary N) is 1. The SMILES string of the molecule is O=C(O)c1cc(C(=O)O)c(C(=O)N(Cc2cccc(Oc3ccccc3)c2)[C@H]2CCCc3ccccc32)cc1C(=O)NS(=O)(=O)c1ccccc1[N+](=O)[O-]. The third-order valence-electron chi connectivity index (χ3n) is 8.88. The molecule has 14 nitrogen and oxygen atoms in total. The smallest absolute Gasteiger partial charge is 0.336 e. The molecule has 274 valence electrons. The molecule has 0 saturated carbocycles. The molecule has 0 heterocycles. The van der Waals surface area contributed by atoms with Crippen LogP contribution in [0, 0.1) is 10.1 Å². The minimum absolute atomic E-state index is 0.0723. The van der Waals surface area contributed by atoms with E-state index in [4.69, 9.17) is 4.74 Å². The van der Waals surface area contributed by atoms with E-state index in [1.807, 2.05) is 42.5 Å². The molecule has 3 N–H and O–H groups in total. The molecule has 0 saturated heterocycles. The fourth-order valence-electron chi connectivity index (χ4n) is 6.44. The zero-order valence-electron chi connectivity index (χ0n) is 28.2. The van der Waals surface area contributed by atoms with Crippen molar-refractivity contribution >= 4 is 39.5 Å². The summed E-state index contributed by atoms with van der Waals surface area (Å²) in [5, 5.41) is 31.8. The fraction of sp³-hybridized carbons (Fsp3) is 0.128. The van der Waals surface area contributed by atoms with Crippen molar-refractivity contribution in [1.82, 2.24) is 9.62 Å². The minimum Gasteiger partial charge on any atom is -0.478 e. The van der Waals surface area contributed by atoms with E-state index in [9.17, 15) is 47.9 Å². The van der Waals surface area contributed by atoms with Gasteiger partial charge < -0.3 is 19.8 Å². The van der Waals surface area contributed by atoms with Gasteiger partial charge in [0.2, 0.25) is 0 Å². The predicted molar refractivity (Wildman–Crippen MR) is 193 cm³/mol. The van der Waals surface area contributed by atoms with Gasteiger partial charge in [0.05, 0.1) is 33.2 Å². The zero-order valence-corrected chi connectivity index (χ0v) is 29.1. The van der Waals surface area contributed by atoms with E-state index < -0.39 is 77.6 Å². The lowest BCUT2D eigenvalue weighted by atomic mass is 9.86. The Balaban J connectivity index is 1.45. The monoisotopic (exact) mass is 749 g/mol. The number of hydrogen-bond donors (Lipinski definition) is 3. The van der Waals surface area contributed by atoms with Crippen LogP contribution in [0.1, 0.15) is 77.0 Å². The largest absolute Gasteiger partial charge is 0.478 e. The molecule has 0 spiro atoms.